The summed E-state index contributed by atoms with van der Waals surface area (Å²) in [4.78, 5) is 21.0. The number of unbranched alkanes of at least 4 members (excludes halogenated alkanes) is 1. The smallest absolute Gasteiger partial charge is 0.253 e. The van der Waals surface area contributed by atoms with E-state index in [1.165, 1.54) is 6.42 Å². The standard InChI is InChI=1S/C14H18N4OS/c1-3-4-5-20-14-16-13-15-11-6-9(2)7-12(19)10(11)8-18(13)17-14/h8-9H,3-7H2,1-2H3/t9-/m1/s1. The largest absolute Gasteiger partial charge is 0.294 e. The molecular weight excluding hydrogens is 272 g/mol. The zero-order chi connectivity index (χ0) is 14.1. The van der Waals surface area contributed by atoms with Crippen molar-refractivity contribution in [1.29, 1.82) is 0 Å². The van der Waals surface area contributed by atoms with Crippen molar-refractivity contribution < 1.29 is 4.79 Å². The third-order valence-electron chi connectivity index (χ3n) is 3.50. The molecule has 0 saturated heterocycles. The topological polar surface area (TPSA) is 60.1 Å². The number of carbonyl (C=O) groups excluding carboxylic acids is 1. The fourth-order valence-electron chi connectivity index (χ4n) is 2.42. The minimum absolute atomic E-state index is 0.170. The van der Waals surface area contributed by atoms with Gasteiger partial charge in [-0.05, 0) is 18.8 Å². The van der Waals surface area contributed by atoms with Crippen LogP contribution >= 0.6 is 11.8 Å². The highest BCUT2D eigenvalue weighted by atomic mass is 32.2. The van der Waals surface area contributed by atoms with Crippen LogP contribution in [0.5, 0.6) is 0 Å². The van der Waals surface area contributed by atoms with E-state index in [9.17, 15) is 4.79 Å². The lowest BCUT2D eigenvalue weighted by molar-refractivity contribution is 0.0951. The summed E-state index contributed by atoms with van der Waals surface area (Å²) in [6, 6.07) is 0. The predicted octanol–water partition coefficient (Wildman–Crippen LogP) is 2.78. The first-order valence-corrected chi connectivity index (χ1v) is 8.08. The van der Waals surface area contributed by atoms with Crippen molar-refractivity contribution in [2.75, 3.05) is 5.75 Å². The highest BCUT2D eigenvalue weighted by Crippen LogP contribution is 2.24. The van der Waals surface area contributed by atoms with Gasteiger partial charge in [0.1, 0.15) is 0 Å². The molecule has 2 heterocycles. The summed E-state index contributed by atoms with van der Waals surface area (Å²) in [6.45, 7) is 4.25. The minimum Gasteiger partial charge on any atom is -0.294 e. The zero-order valence-corrected chi connectivity index (χ0v) is 12.6. The first-order chi connectivity index (χ1) is 9.67. The molecule has 5 nitrogen and oxygen atoms in total. The van der Waals surface area contributed by atoms with Crippen molar-refractivity contribution in [3.63, 3.8) is 0 Å². The quantitative estimate of drug-likeness (QED) is 0.640. The molecule has 0 N–H and O–H groups in total. The number of Topliss-reactive ketones (excluding diaryl/α,β-unsaturated/α-hetero) is 1. The predicted molar refractivity (Wildman–Crippen MR) is 78.2 cm³/mol. The van der Waals surface area contributed by atoms with E-state index in [0.717, 1.165) is 29.4 Å². The number of hydrogen-bond acceptors (Lipinski definition) is 5. The molecule has 3 rings (SSSR count). The van der Waals surface area contributed by atoms with Crippen LogP contribution in [0.25, 0.3) is 5.78 Å². The Hall–Kier alpha value is -1.43. The third-order valence-corrected chi connectivity index (χ3v) is 4.42. The van der Waals surface area contributed by atoms with Crippen LogP contribution in [0.2, 0.25) is 0 Å². The lowest BCUT2D eigenvalue weighted by Gasteiger charge is -2.18. The van der Waals surface area contributed by atoms with Gasteiger partial charge in [0, 0.05) is 18.4 Å². The molecule has 0 spiro atoms. The maximum Gasteiger partial charge on any atom is 0.253 e. The monoisotopic (exact) mass is 290 g/mol. The van der Waals surface area contributed by atoms with Crippen LogP contribution in [0.3, 0.4) is 0 Å². The zero-order valence-electron chi connectivity index (χ0n) is 11.8. The van der Waals surface area contributed by atoms with Gasteiger partial charge in [-0.15, -0.1) is 5.10 Å². The van der Waals surface area contributed by atoms with Gasteiger partial charge in [0.05, 0.1) is 11.3 Å². The van der Waals surface area contributed by atoms with Gasteiger partial charge in [0.25, 0.3) is 5.78 Å². The Kier molecular flexibility index (Phi) is 3.74. The van der Waals surface area contributed by atoms with Crippen LogP contribution in [0.4, 0.5) is 0 Å². The summed E-state index contributed by atoms with van der Waals surface area (Å²) in [5.41, 5.74) is 1.59. The highest BCUT2D eigenvalue weighted by Gasteiger charge is 2.25. The van der Waals surface area contributed by atoms with Gasteiger partial charge >= 0.3 is 0 Å². The molecule has 1 aliphatic rings. The normalized spacial score (nSPS) is 18.5. The molecule has 2 aromatic heterocycles. The van der Waals surface area contributed by atoms with Crippen molar-refractivity contribution in [2.45, 2.75) is 44.7 Å². The molecule has 0 bridgehead atoms. The van der Waals surface area contributed by atoms with E-state index in [2.05, 4.69) is 28.9 Å². The summed E-state index contributed by atoms with van der Waals surface area (Å²) < 4.78 is 1.64. The number of hydrogen-bond donors (Lipinski definition) is 0. The van der Waals surface area contributed by atoms with Gasteiger partial charge in [0.2, 0.25) is 5.16 Å². The van der Waals surface area contributed by atoms with Gasteiger partial charge in [-0.3, -0.25) is 4.79 Å². The molecule has 0 saturated carbocycles. The summed E-state index contributed by atoms with van der Waals surface area (Å²) in [7, 11) is 0. The van der Waals surface area contributed by atoms with E-state index in [4.69, 9.17) is 0 Å². The second kappa shape index (κ2) is 5.52. The third kappa shape index (κ3) is 2.57. The molecule has 6 heteroatoms. The summed E-state index contributed by atoms with van der Waals surface area (Å²) >= 11 is 1.65. The average molecular weight is 290 g/mol. The molecule has 1 atom stereocenters. The van der Waals surface area contributed by atoms with Gasteiger partial charge < -0.3 is 0 Å². The Bertz CT molecular complexity index is 652. The number of aromatic nitrogens is 4. The van der Waals surface area contributed by atoms with Crippen molar-refractivity contribution in [2.24, 2.45) is 5.92 Å². The average Bonchev–Trinajstić information content (AvgIpc) is 2.78. The van der Waals surface area contributed by atoms with Crippen LogP contribution in [0.1, 0.15) is 49.2 Å². The Morgan fingerprint density at radius 2 is 2.25 bits per heavy atom. The lowest BCUT2D eigenvalue weighted by Crippen LogP contribution is -2.20. The molecule has 0 fully saturated rings. The molecule has 0 radical (unpaired) electrons. The van der Waals surface area contributed by atoms with Crippen LogP contribution in [-0.2, 0) is 6.42 Å². The minimum atomic E-state index is 0.170. The lowest BCUT2D eigenvalue weighted by atomic mass is 9.88. The highest BCUT2D eigenvalue weighted by molar-refractivity contribution is 7.99. The van der Waals surface area contributed by atoms with Crippen LogP contribution < -0.4 is 0 Å². The number of carbonyl (C=O) groups is 1. The summed E-state index contributed by atoms with van der Waals surface area (Å²) in [6.07, 6.45) is 5.57. The molecule has 2 aromatic rings. The number of thioether (sulfide) groups is 1. The Morgan fingerprint density at radius 3 is 3.05 bits per heavy atom. The molecule has 0 aliphatic heterocycles. The molecule has 106 valence electrons. The molecule has 1 aliphatic carbocycles. The van der Waals surface area contributed by atoms with Gasteiger partial charge in [-0.1, -0.05) is 32.0 Å². The van der Waals surface area contributed by atoms with Crippen LogP contribution in [0.15, 0.2) is 11.4 Å². The summed E-state index contributed by atoms with van der Waals surface area (Å²) in [5, 5.41) is 5.14. The van der Waals surface area contributed by atoms with E-state index >= 15 is 0 Å². The number of nitrogens with zero attached hydrogens (tertiary/aromatic N) is 4. The Morgan fingerprint density at radius 1 is 1.40 bits per heavy atom. The fraction of sp³-hybridized carbons (Fsp3) is 0.571. The Balaban J connectivity index is 1.93. The molecule has 20 heavy (non-hydrogen) atoms. The molecule has 0 unspecified atom stereocenters. The van der Waals surface area contributed by atoms with Crippen molar-refractivity contribution in [3.8, 4) is 0 Å². The first kappa shape index (κ1) is 13.5. The SMILES string of the molecule is CCCCSc1nc2nc3c(cn2n1)C(=O)C[C@H](C)C3. The second-order valence-corrected chi connectivity index (χ2v) is 6.44. The van der Waals surface area contributed by atoms with Gasteiger partial charge in [-0.25, -0.2) is 9.50 Å². The van der Waals surface area contributed by atoms with E-state index in [1.807, 2.05) is 0 Å². The maximum absolute atomic E-state index is 12.1. The van der Waals surface area contributed by atoms with Crippen molar-refractivity contribution in [1.82, 2.24) is 19.6 Å². The Labute approximate surface area is 122 Å². The van der Waals surface area contributed by atoms with E-state index in [0.29, 0.717) is 23.7 Å². The number of fused-ring (bicyclic) bond motifs is 2. The molecule has 0 aromatic carbocycles. The molecular formula is C14H18N4OS. The fourth-order valence-corrected chi connectivity index (χ4v) is 3.33. The maximum atomic E-state index is 12.1. The molecule has 0 amide bonds. The second-order valence-electron chi connectivity index (χ2n) is 5.38. The van der Waals surface area contributed by atoms with E-state index < -0.39 is 0 Å². The van der Waals surface area contributed by atoms with Crippen molar-refractivity contribution >= 4 is 23.3 Å². The van der Waals surface area contributed by atoms with Crippen LogP contribution in [0, 0.1) is 5.92 Å². The van der Waals surface area contributed by atoms with Crippen molar-refractivity contribution in [3.05, 3.63) is 17.5 Å². The number of ketones is 1. The van der Waals surface area contributed by atoms with Gasteiger partial charge in [0.15, 0.2) is 5.78 Å². The summed E-state index contributed by atoms with van der Waals surface area (Å²) in [5.74, 6) is 2.16. The van der Waals surface area contributed by atoms with E-state index in [-0.39, 0.29) is 5.78 Å². The van der Waals surface area contributed by atoms with Crippen LogP contribution in [-0.4, -0.2) is 31.1 Å². The van der Waals surface area contributed by atoms with E-state index in [1.54, 1.807) is 22.5 Å². The number of rotatable bonds is 4. The van der Waals surface area contributed by atoms with Gasteiger partial charge in [-0.2, -0.15) is 4.98 Å². The first-order valence-electron chi connectivity index (χ1n) is 7.09.